The van der Waals surface area contributed by atoms with Gasteiger partial charge in [-0.15, -0.1) is 0 Å². The van der Waals surface area contributed by atoms with Gasteiger partial charge in [-0.2, -0.15) is 0 Å². The lowest BCUT2D eigenvalue weighted by Crippen LogP contribution is -2.35. The summed E-state index contributed by atoms with van der Waals surface area (Å²) >= 11 is 0. The smallest absolute Gasteiger partial charge is 0.217 e. The van der Waals surface area contributed by atoms with Crippen LogP contribution in [0.25, 0.3) is 0 Å². The summed E-state index contributed by atoms with van der Waals surface area (Å²) in [5.74, 6) is 1.23. The molecule has 6 nitrogen and oxygen atoms in total. The number of carbonyl (C=O) groups is 1. The number of carbonyl (C=O) groups excluding carboxylic acids is 1. The van der Waals surface area contributed by atoms with Gasteiger partial charge in [0.25, 0.3) is 0 Å². The van der Waals surface area contributed by atoms with Gasteiger partial charge in [0.15, 0.2) is 0 Å². The lowest BCUT2D eigenvalue weighted by Gasteiger charge is -2.17. The van der Waals surface area contributed by atoms with Gasteiger partial charge in [-0.25, -0.2) is 9.97 Å². The topological polar surface area (TPSA) is 84.1 Å². The zero-order chi connectivity index (χ0) is 11.5. The number of hydrogen-bond acceptors (Lipinski definition) is 5. The van der Waals surface area contributed by atoms with Crippen LogP contribution in [-0.2, 0) is 4.79 Å². The molecule has 1 amide bonds. The molecular formula is C10H15N5O. The van der Waals surface area contributed by atoms with Crippen LogP contribution in [0.2, 0.25) is 0 Å². The van der Waals surface area contributed by atoms with E-state index in [1.54, 1.807) is 12.4 Å². The second-order valence-electron chi connectivity index (χ2n) is 3.93. The Kier molecular flexibility index (Phi) is 2.89. The summed E-state index contributed by atoms with van der Waals surface area (Å²) in [4.78, 5) is 21.2. The highest BCUT2D eigenvalue weighted by atomic mass is 16.1. The molecule has 1 saturated heterocycles. The van der Waals surface area contributed by atoms with Crippen molar-refractivity contribution in [1.29, 1.82) is 0 Å². The van der Waals surface area contributed by atoms with Gasteiger partial charge >= 0.3 is 0 Å². The van der Waals surface area contributed by atoms with Crippen LogP contribution in [0.1, 0.15) is 13.3 Å². The molecule has 0 spiro atoms. The number of anilines is 2. The molecule has 0 radical (unpaired) electrons. The van der Waals surface area contributed by atoms with E-state index in [2.05, 4.69) is 20.2 Å². The molecule has 16 heavy (non-hydrogen) atoms. The Morgan fingerprint density at radius 1 is 1.56 bits per heavy atom. The van der Waals surface area contributed by atoms with E-state index in [1.165, 1.54) is 6.92 Å². The average molecular weight is 221 g/mol. The van der Waals surface area contributed by atoms with E-state index in [-0.39, 0.29) is 11.9 Å². The molecule has 0 saturated carbocycles. The summed E-state index contributed by atoms with van der Waals surface area (Å²) in [6, 6.07) is 0.205. The van der Waals surface area contributed by atoms with Crippen LogP contribution in [0.3, 0.4) is 0 Å². The summed E-state index contributed by atoms with van der Waals surface area (Å²) in [6.07, 6.45) is 4.14. The Morgan fingerprint density at radius 2 is 2.38 bits per heavy atom. The molecule has 1 unspecified atom stereocenters. The van der Waals surface area contributed by atoms with Gasteiger partial charge in [-0.3, -0.25) is 4.79 Å². The first kappa shape index (κ1) is 10.7. The van der Waals surface area contributed by atoms with Crippen LogP contribution in [0.4, 0.5) is 11.6 Å². The summed E-state index contributed by atoms with van der Waals surface area (Å²) in [6.45, 7) is 3.19. The Labute approximate surface area is 93.9 Å². The number of amides is 1. The minimum absolute atomic E-state index is 0.00948. The van der Waals surface area contributed by atoms with Gasteiger partial charge in [0.1, 0.15) is 11.6 Å². The number of aromatic nitrogens is 2. The van der Waals surface area contributed by atoms with Crippen molar-refractivity contribution < 1.29 is 4.79 Å². The van der Waals surface area contributed by atoms with Gasteiger partial charge < -0.3 is 16.0 Å². The third-order valence-corrected chi connectivity index (χ3v) is 2.58. The Hall–Kier alpha value is -1.85. The van der Waals surface area contributed by atoms with Crippen molar-refractivity contribution in [3.8, 4) is 0 Å². The summed E-state index contributed by atoms with van der Waals surface area (Å²) in [5, 5.41) is 2.90. The first-order valence-corrected chi connectivity index (χ1v) is 5.24. The van der Waals surface area contributed by atoms with Gasteiger partial charge in [0, 0.05) is 26.1 Å². The Balaban J connectivity index is 1.98. The maximum absolute atomic E-state index is 10.9. The van der Waals surface area contributed by atoms with E-state index >= 15 is 0 Å². The van der Waals surface area contributed by atoms with Crippen molar-refractivity contribution in [3.05, 3.63) is 12.4 Å². The zero-order valence-corrected chi connectivity index (χ0v) is 9.18. The van der Waals surface area contributed by atoms with Crippen molar-refractivity contribution in [1.82, 2.24) is 15.3 Å². The normalized spacial score (nSPS) is 19.8. The standard InChI is InChI=1S/C10H15N5O/c1-7(16)14-8-2-3-15(6-8)10-5-12-9(11)4-13-10/h4-5,8H,2-3,6H2,1H3,(H2,11,12)(H,14,16). The fraction of sp³-hybridized carbons (Fsp3) is 0.500. The molecule has 1 atom stereocenters. The van der Waals surface area contributed by atoms with Crippen LogP contribution in [0.5, 0.6) is 0 Å². The minimum Gasteiger partial charge on any atom is -0.382 e. The van der Waals surface area contributed by atoms with Crippen LogP contribution in [0.15, 0.2) is 12.4 Å². The molecule has 1 aliphatic heterocycles. The van der Waals surface area contributed by atoms with E-state index in [0.29, 0.717) is 5.82 Å². The fourth-order valence-corrected chi connectivity index (χ4v) is 1.87. The largest absolute Gasteiger partial charge is 0.382 e. The second-order valence-corrected chi connectivity index (χ2v) is 3.93. The predicted molar refractivity (Wildman–Crippen MR) is 60.9 cm³/mol. The van der Waals surface area contributed by atoms with Crippen molar-refractivity contribution >= 4 is 17.5 Å². The highest BCUT2D eigenvalue weighted by molar-refractivity contribution is 5.73. The van der Waals surface area contributed by atoms with E-state index in [1.807, 2.05) is 0 Å². The van der Waals surface area contributed by atoms with Crippen LogP contribution in [-0.4, -0.2) is 35.0 Å². The first-order chi connectivity index (χ1) is 7.65. The average Bonchev–Trinajstić information content (AvgIpc) is 2.66. The van der Waals surface area contributed by atoms with E-state index in [9.17, 15) is 4.79 Å². The first-order valence-electron chi connectivity index (χ1n) is 5.24. The third-order valence-electron chi connectivity index (χ3n) is 2.58. The Bertz CT molecular complexity index is 377. The number of nitrogen functional groups attached to an aromatic ring is 1. The van der Waals surface area contributed by atoms with Gasteiger partial charge in [0.2, 0.25) is 5.91 Å². The highest BCUT2D eigenvalue weighted by Crippen LogP contribution is 2.17. The van der Waals surface area contributed by atoms with Gasteiger partial charge in [0.05, 0.1) is 12.4 Å². The molecule has 0 bridgehead atoms. The predicted octanol–water partition coefficient (Wildman–Crippen LogP) is -0.226. The summed E-state index contributed by atoms with van der Waals surface area (Å²) in [7, 11) is 0. The van der Waals surface area contributed by atoms with Crippen molar-refractivity contribution in [2.45, 2.75) is 19.4 Å². The third kappa shape index (κ3) is 2.39. The van der Waals surface area contributed by atoms with Gasteiger partial charge in [-0.05, 0) is 6.42 Å². The number of nitrogens with two attached hydrogens (primary N) is 1. The molecular weight excluding hydrogens is 206 g/mol. The highest BCUT2D eigenvalue weighted by Gasteiger charge is 2.23. The SMILES string of the molecule is CC(=O)NC1CCN(c2cnc(N)cn2)C1. The van der Waals surface area contributed by atoms with E-state index < -0.39 is 0 Å². The fourth-order valence-electron chi connectivity index (χ4n) is 1.87. The molecule has 2 rings (SSSR count). The molecule has 2 heterocycles. The van der Waals surface area contributed by atoms with Crippen LogP contribution in [0, 0.1) is 0 Å². The molecule has 0 aliphatic carbocycles. The molecule has 0 aromatic carbocycles. The van der Waals surface area contributed by atoms with Crippen molar-refractivity contribution in [2.24, 2.45) is 0 Å². The monoisotopic (exact) mass is 221 g/mol. The summed E-state index contributed by atoms with van der Waals surface area (Å²) in [5.41, 5.74) is 5.47. The van der Waals surface area contributed by atoms with Crippen molar-refractivity contribution in [2.75, 3.05) is 23.7 Å². The van der Waals surface area contributed by atoms with E-state index in [4.69, 9.17) is 5.73 Å². The van der Waals surface area contributed by atoms with Crippen LogP contribution < -0.4 is 16.0 Å². The maximum atomic E-state index is 10.9. The molecule has 1 fully saturated rings. The summed E-state index contributed by atoms with van der Waals surface area (Å²) < 4.78 is 0. The van der Waals surface area contributed by atoms with Crippen LogP contribution >= 0.6 is 0 Å². The number of hydrogen-bond donors (Lipinski definition) is 2. The second kappa shape index (κ2) is 4.34. The maximum Gasteiger partial charge on any atom is 0.217 e. The minimum atomic E-state index is 0.00948. The van der Waals surface area contributed by atoms with E-state index in [0.717, 1.165) is 25.3 Å². The Morgan fingerprint density at radius 3 is 3.00 bits per heavy atom. The number of nitrogens with one attached hydrogen (secondary N) is 1. The number of rotatable bonds is 2. The van der Waals surface area contributed by atoms with Gasteiger partial charge in [-0.1, -0.05) is 0 Å². The lowest BCUT2D eigenvalue weighted by molar-refractivity contribution is -0.119. The zero-order valence-electron chi connectivity index (χ0n) is 9.18. The molecule has 6 heteroatoms. The number of nitrogens with zero attached hydrogens (tertiary/aromatic N) is 3. The molecule has 86 valence electrons. The molecule has 1 aromatic rings. The van der Waals surface area contributed by atoms with Crippen molar-refractivity contribution in [3.63, 3.8) is 0 Å². The molecule has 3 N–H and O–H groups in total. The molecule has 1 aromatic heterocycles. The lowest BCUT2D eigenvalue weighted by atomic mass is 10.3. The quantitative estimate of drug-likeness (QED) is 0.721. The molecule has 1 aliphatic rings.